The Bertz CT molecular complexity index is 1760. The Morgan fingerprint density at radius 1 is 0.536 bits per heavy atom. The molecular weight excluding hydrogens is 979 g/mol. The molecule has 5 rings (SSSR count). The van der Waals surface area contributed by atoms with Crippen LogP contribution in [0.4, 0.5) is 0 Å². The van der Waals surface area contributed by atoms with Gasteiger partial charge in [-0.2, -0.15) is 63.1 Å². The zero-order chi connectivity index (χ0) is 50.9. The molecule has 2 N–H and O–H groups in total. The Labute approximate surface area is 440 Å². The summed E-state index contributed by atoms with van der Waals surface area (Å²) in [6.45, 7) is 11.8. The van der Waals surface area contributed by atoms with E-state index in [1.54, 1.807) is 0 Å². The highest BCUT2D eigenvalue weighted by molar-refractivity contribution is 7.80. The highest BCUT2D eigenvalue weighted by Crippen LogP contribution is 2.48. The molecule has 5 fully saturated rings. The van der Waals surface area contributed by atoms with Gasteiger partial charge in [-0.3, -0.25) is 33.8 Å². The summed E-state index contributed by atoms with van der Waals surface area (Å²) < 4.78 is 31.1. The lowest BCUT2D eigenvalue weighted by atomic mass is 9.66. The number of nitrogens with zero attached hydrogens (tertiary/aromatic N) is 3. The fourth-order valence-corrected chi connectivity index (χ4v) is 13.7. The molecule has 69 heavy (non-hydrogen) atoms. The van der Waals surface area contributed by atoms with Gasteiger partial charge in [-0.25, -0.2) is 0 Å². The highest BCUT2D eigenvalue weighted by Gasteiger charge is 2.59. The molecule has 0 spiro atoms. The van der Waals surface area contributed by atoms with E-state index in [9.17, 15) is 24.0 Å². The highest BCUT2D eigenvalue weighted by atomic mass is 32.1. The summed E-state index contributed by atoms with van der Waals surface area (Å²) in [5, 5.41) is 8.26. The number of rotatable bonds is 20. The number of piperidine rings is 5. The third-order valence-electron chi connectivity index (χ3n) is 16.2. The van der Waals surface area contributed by atoms with Crippen LogP contribution < -0.4 is 10.6 Å². The number of likely N-dealkylation sites (N-methyl/N-ethyl adjacent to an activating group) is 2. The minimum Gasteiger partial charge on any atom is -0.462 e. The van der Waals surface area contributed by atoms with Gasteiger partial charge in [0.15, 0.2) is 0 Å². The second-order valence-electron chi connectivity index (χ2n) is 21.9. The van der Waals surface area contributed by atoms with E-state index < -0.39 is 28.8 Å². The lowest BCUT2D eigenvalue weighted by Crippen LogP contribution is -2.78. The summed E-state index contributed by atoms with van der Waals surface area (Å²) in [6.07, 6.45) is 5.81. The van der Waals surface area contributed by atoms with Crippen LogP contribution in [-0.4, -0.2) is 184 Å². The van der Waals surface area contributed by atoms with Crippen molar-refractivity contribution in [3.63, 3.8) is 0 Å². The number of ether oxygens (including phenoxy) is 5. The van der Waals surface area contributed by atoms with Crippen molar-refractivity contribution >= 4 is 93.0 Å². The van der Waals surface area contributed by atoms with Crippen LogP contribution in [0, 0.1) is 0 Å². The zero-order valence-corrected chi connectivity index (χ0v) is 47.0. The number of hydrogen-bond donors (Lipinski definition) is 7. The van der Waals surface area contributed by atoms with Crippen molar-refractivity contribution in [2.24, 2.45) is 0 Å². The summed E-state index contributed by atoms with van der Waals surface area (Å²) in [4.78, 5) is 72.7. The quantitative estimate of drug-likeness (QED) is 0.0473. The molecule has 396 valence electrons. The van der Waals surface area contributed by atoms with E-state index in [1.807, 2.05) is 0 Å². The van der Waals surface area contributed by atoms with E-state index in [0.29, 0.717) is 86.6 Å². The van der Waals surface area contributed by atoms with Crippen LogP contribution in [0.1, 0.15) is 137 Å². The first kappa shape index (κ1) is 58.8. The molecule has 20 heteroatoms. The van der Waals surface area contributed by atoms with Gasteiger partial charge < -0.3 is 39.2 Å². The zero-order valence-electron chi connectivity index (χ0n) is 42.5. The Kier molecular flexibility index (Phi) is 22.1. The summed E-state index contributed by atoms with van der Waals surface area (Å²) >= 11 is 21.6. The summed E-state index contributed by atoms with van der Waals surface area (Å²) in [7, 11) is 6.41. The largest absolute Gasteiger partial charge is 0.462 e. The number of carbonyl (C=O) groups is 5. The molecule has 0 amide bonds. The fraction of sp³-hybridized carbons (Fsp3) is 0.898. The predicted octanol–water partition coefficient (Wildman–Crippen LogP) is 5.38. The molecule has 0 aromatic carbocycles. The first-order valence-electron chi connectivity index (χ1n) is 25.2. The monoisotopic (exact) mass is 1060 g/mol. The van der Waals surface area contributed by atoms with Crippen LogP contribution in [-0.2, 0) is 47.7 Å². The Morgan fingerprint density at radius 3 is 1.51 bits per heavy atom. The second-order valence-corrected chi connectivity index (χ2v) is 24.1. The van der Waals surface area contributed by atoms with E-state index >= 15 is 0 Å². The maximum Gasteiger partial charge on any atom is 0.306 e. The molecule has 13 unspecified atom stereocenters. The smallest absolute Gasteiger partial charge is 0.306 e. The molecule has 5 aliphatic rings. The predicted molar refractivity (Wildman–Crippen MR) is 285 cm³/mol. The third kappa shape index (κ3) is 15.5. The van der Waals surface area contributed by atoms with Crippen LogP contribution in [0.5, 0.6) is 0 Å². The molecule has 0 aromatic rings. The van der Waals surface area contributed by atoms with Gasteiger partial charge in [0, 0.05) is 139 Å². The molecule has 5 aliphatic heterocycles. The number of carbonyl (C=O) groups excluding carboxylic acids is 5. The van der Waals surface area contributed by atoms with Crippen molar-refractivity contribution in [1.29, 1.82) is 0 Å². The Balaban J connectivity index is 1.53. The molecular formula is C49H85N5O10S5. The minimum atomic E-state index is -0.724. The summed E-state index contributed by atoms with van der Waals surface area (Å²) in [6, 6.07) is -0.601. The third-order valence-corrected chi connectivity index (χ3v) is 17.3. The molecule has 5 saturated heterocycles. The maximum atomic E-state index is 13.5. The average Bonchev–Trinajstić information content (AvgIpc) is 3.24. The molecule has 5 heterocycles. The van der Waals surface area contributed by atoms with Gasteiger partial charge in [-0.05, 0) is 75.0 Å². The molecule has 13 atom stereocenters. The molecule has 0 aliphatic carbocycles. The average molecular weight is 1060 g/mol. The number of nitrogens with one attached hydrogen (secondary N) is 2. The maximum absolute atomic E-state index is 13.5. The second kappa shape index (κ2) is 25.9. The molecule has 0 radical (unpaired) electrons. The SMILES string of the molecule is CN1CCC(OC(=O)CCS)CC1CC1CC(OC(=O)CCS)CC(C2(C)CC(OC(=O)CCS)CC(C)(C3CC(OC(=O)CCS)CC(C4(C)CC(OC(=O)CCS)CC(C)(C)N4C)N3C)N2)N1. The van der Waals surface area contributed by atoms with E-state index in [0.717, 1.165) is 19.4 Å². The normalized spacial score (nSPS) is 36.8. The van der Waals surface area contributed by atoms with Crippen molar-refractivity contribution in [3.8, 4) is 0 Å². The van der Waals surface area contributed by atoms with Gasteiger partial charge in [0.05, 0.1) is 32.1 Å². The first-order valence-corrected chi connectivity index (χ1v) is 28.4. The number of esters is 5. The van der Waals surface area contributed by atoms with Crippen molar-refractivity contribution in [2.45, 2.75) is 220 Å². The molecule has 0 bridgehead atoms. The van der Waals surface area contributed by atoms with E-state index in [2.05, 4.69) is 144 Å². The number of likely N-dealkylation sites (tertiary alicyclic amines) is 3. The molecule has 0 saturated carbocycles. The van der Waals surface area contributed by atoms with E-state index in [4.69, 9.17) is 23.7 Å². The Hall–Kier alpha value is -1.10. The fourth-order valence-electron chi connectivity index (χ4n) is 12.8. The van der Waals surface area contributed by atoms with Crippen LogP contribution in [0.25, 0.3) is 0 Å². The molecule has 15 nitrogen and oxygen atoms in total. The standard InChI is InChI=1S/C49H85N5O10S5/c1-46(2)27-36(63-44(58)13-19-68)30-49(5,54(46)8)40-26-35(62-43(57)12-18-67)25-39(53(40)7)48(4)29-37(64-45(59)14-20-69)28-47(3,51-48)38-24-34(61-42(56)11-17-66)22-31(50-38)21-32-23-33(9-15-52(32)6)60-41(55)10-16-65/h31-40,50-51,65-69H,9-30H2,1-8H3. The van der Waals surface area contributed by atoms with Crippen LogP contribution in [0.3, 0.4) is 0 Å². The van der Waals surface area contributed by atoms with Gasteiger partial charge in [0.2, 0.25) is 0 Å². The van der Waals surface area contributed by atoms with Crippen LogP contribution in [0.15, 0.2) is 0 Å². The number of thiol groups is 5. The summed E-state index contributed by atoms with van der Waals surface area (Å²) in [5.74, 6) is 0.537. The lowest BCUT2D eigenvalue weighted by Gasteiger charge is -2.64. The summed E-state index contributed by atoms with van der Waals surface area (Å²) in [5.41, 5.74) is -2.32. The van der Waals surface area contributed by atoms with Crippen LogP contribution >= 0.6 is 63.1 Å². The minimum absolute atomic E-state index is 0.0637. The first-order chi connectivity index (χ1) is 32.5. The topological polar surface area (TPSA) is 165 Å². The Morgan fingerprint density at radius 2 is 0.986 bits per heavy atom. The van der Waals surface area contributed by atoms with Crippen molar-refractivity contribution < 1.29 is 47.7 Å². The lowest BCUT2D eigenvalue weighted by molar-refractivity contribution is -0.179. The molecule has 0 aromatic heterocycles. The van der Waals surface area contributed by atoms with E-state index in [1.165, 1.54) is 0 Å². The van der Waals surface area contributed by atoms with Crippen molar-refractivity contribution in [3.05, 3.63) is 0 Å². The number of hydrogen-bond acceptors (Lipinski definition) is 20. The van der Waals surface area contributed by atoms with Gasteiger partial charge >= 0.3 is 29.8 Å². The van der Waals surface area contributed by atoms with Gasteiger partial charge in [0.25, 0.3) is 0 Å². The van der Waals surface area contributed by atoms with Crippen LogP contribution in [0.2, 0.25) is 0 Å². The van der Waals surface area contributed by atoms with Gasteiger partial charge in [-0.1, -0.05) is 0 Å². The van der Waals surface area contributed by atoms with Crippen molar-refractivity contribution in [1.82, 2.24) is 25.3 Å². The van der Waals surface area contributed by atoms with Gasteiger partial charge in [0.1, 0.15) is 30.5 Å². The van der Waals surface area contributed by atoms with Crippen molar-refractivity contribution in [2.75, 3.05) is 56.5 Å². The van der Waals surface area contributed by atoms with E-state index in [-0.39, 0.29) is 116 Å². The van der Waals surface area contributed by atoms with Gasteiger partial charge in [-0.15, -0.1) is 0 Å².